The zero-order valence-corrected chi connectivity index (χ0v) is 7.19. The molecule has 0 aliphatic heterocycles. The summed E-state index contributed by atoms with van der Waals surface area (Å²) < 4.78 is 83.1. The van der Waals surface area contributed by atoms with Gasteiger partial charge in [0.25, 0.3) is 0 Å². The van der Waals surface area contributed by atoms with Gasteiger partial charge in [-0.25, -0.2) is 0 Å². The Balaban J connectivity index is 3.96. The molecule has 1 aromatic heterocycles. The lowest BCUT2D eigenvalue weighted by Gasteiger charge is -2.14. The van der Waals surface area contributed by atoms with Crippen LogP contribution in [0, 0.1) is 0 Å². The quantitative estimate of drug-likeness (QED) is 0.635. The Hall–Kier alpha value is 0.180. The molecule has 0 fully saturated rings. The predicted molar refractivity (Wildman–Crippen MR) is 50.7 cm³/mol. The Kier molecular flexibility index (Phi) is 0.510. The normalized spacial score (nSPS) is 31.9. The maximum absolute atomic E-state index is 7.75. The molecule has 1 rings (SSSR count). The van der Waals surface area contributed by atoms with Crippen LogP contribution in [0.2, 0.25) is 0 Å². The Bertz CT molecular complexity index is 498. The van der Waals surface area contributed by atoms with Crippen molar-refractivity contribution >= 4 is 27.3 Å². The van der Waals surface area contributed by atoms with Crippen molar-refractivity contribution in [2.75, 3.05) is 0 Å². The molecule has 1 heterocycles. The van der Waals surface area contributed by atoms with E-state index in [1.54, 1.807) is 0 Å². The summed E-state index contributed by atoms with van der Waals surface area (Å²) in [5, 5.41) is 0. The fourth-order valence-electron chi connectivity index (χ4n) is 0.417. The third kappa shape index (κ3) is 1.83. The number of hydrogen-bond acceptors (Lipinski definition) is 1. The van der Waals surface area contributed by atoms with Gasteiger partial charge in [-0.1, -0.05) is 20.6 Å². The minimum absolute atomic E-state index is 0.0182. The number of thiophene rings is 1. The van der Waals surface area contributed by atoms with E-state index in [1.807, 2.05) is 0 Å². The maximum Gasteiger partial charge on any atom is 0.0701 e. The summed E-state index contributed by atoms with van der Waals surface area (Å²) in [6.07, 6.45) is 0. The van der Waals surface area contributed by atoms with E-state index >= 15 is 0 Å². The third-order valence-electron chi connectivity index (χ3n) is 0.807. The summed E-state index contributed by atoms with van der Waals surface area (Å²) in [6, 6.07) is -1.13. The van der Waals surface area contributed by atoms with Gasteiger partial charge in [0.2, 0.25) is 0 Å². The van der Waals surface area contributed by atoms with Gasteiger partial charge in [0.05, 0.1) is 6.53 Å². The van der Waals surface area contributed by atoms with Crippen molar-refractivity contribution in [3.8, 4) is 0 Å². The first-order valence-electron chi connectivity index (χ1n) is 7.85. The zero-order valence-electron chi connectivity index (χ0n) is 15.8. The van der Waals surface area contributed by atoms with E-state index in [4.69, 9.17) is 15.1 Å². The fourth-order valence-corrected chi connectivity index (χ4v) is 1.54. The molecule has 10 heavy (non-hydrogen) atoms. The first-order chi connectivity index (χ1) is 9.09. The van der Waals surface area contributed by atoms with Crippen LogP contribution in [0.25, 0.3) is 0 Å². The van der Waals surface area contributed by atoms with Crippen LogP contribution in [-0.2, 0) is 5.41 Å². The molecule has 56 valence electrons. The minimum Gasteiger partial charge on any atom is -0.133 e. The van der Waals surface area contributed by atoms with Crippen molar-refractivity contribution in [1.82, 2.24) is 0 Å². The highest BCUT2D eigenvalue weighted by molar-refractivity contribution is 9.11. The molecule has 0 amide bonds. The summed E-state index contributed by atoms with van der Waals surface area (Å²) >= 11 is 3.41. The van der Waals surface area contributed by atoms with E-state index in [0.29, 0.717) is 11.3 Å². The lowest BCUT2D eigenvalue weighted by Crippen LogP contribution is -2.07. The molecule has 0 N–H and O–H groups in total. The van der Waals surface area contributed by atoms with Gasteiger partial charge >= 0.3 is 0 Å². The highest BCUT2D eigenvalue weighted by Crippen LogP contribution is 2.31. The zero-order chi connectivity index (χ0) is 17.0. The van der Waals surface area contributed by atoms with E-state index in [0.717, 1.165) is 0 Å². The molecule has 0 nitrogen and oxygen atoms in total. The van der Waals surface area contributed by atoms with Crippen molar-refractivity contribution < 1.29 is 15.1 Å². The van der Waals surface area contributed by atoms with Crippen molar-refractivity contribution in [3.63, 3.8) is 0 Å². The van der Waals surface area contributed by atoms with Gasteiger partial charge in [0.1, 0.15) is 0 Å². The van der Waals surface area contributed by atoms with Crippen molar-refractivity contribution in [1.29, 1.82) is 0 Å². The van der Waals surface area contributed by atoms with Gasteiger partial charge in [-0.3, -0.25) is 0 Å². The lowest BCUT2D eigenvalue weighted by molar-refractivity contribution is 0.604. The van der Waals surface area contributed by atoms with Crippen molar-refractivity contribution in [2.45, 2.75) is 26.0 Å². The SMILES string of the molecule is [2H]c1c(Br)sc(C(C([2H])([2H])[2H])(C([2H])([2H])[2H])C([2H])([2H])[2H])c1[2H]. The predicted octanol–water partition coefficient (Wildman–Crippen LogP) is 3.81. The average molecular weight is 230 g/mol. The molecule has 2 heteroatoms. The smallest absolute Gasteiger partial charge is 0.0701 e. The number of rotatable bonds is 0. The standard InChI is InChI=1S/C8H11BrS/c1-8(2,3)6-4-5-7(9)10-6/h4-5H,1-3H3/i1D3,2D3,3D3,4D,5D. The van der Waals surface area contributed by atoms with Gasteiger partial charge in [-0.15, -0.1) is 11.3 Å². The number of halogens is 1. The largest absolute Gasteiger partial charge is 0.133 e. The van der Waals surface area contributed by atoms with Crippen LogP contribution >= 0.6 is 27.3 Å². The van der Waals surface area contributed by atoms with E-state index in [1.165, 1.54) is 0 Å². The van der Waals surface area contributed by atoms with Crippen molar-refractivity contribution in [3.05, 3.63) is 20.7 Å². The Labute approximate surface area is 89.9 Å². The topological polar surface area (TPSA) is 0 Å². The van der Waals surface area contributed by atoms with Crippen LogP contribution in [0.5, 0.6) is 0 Å². The van der Waals surface area contributed by atoms with Crippen molar-refractivity contribution in [2.24, 2.45) is 0 Å². The van der Waals surface area contributed by atoms with E-state index < -0.39 is 42.9 Å². The molecule has 0 saturated carbocycles. The van der Waals surface area contributed by atoms with Gasteiger partial charge in [0.15, 0.2) is 0 Å². The molecule has 0 radical (unpaired) electrons. The first kappa shape index (κ1) is 1.91. The summed E-state index contributed by atoms with van der Waals surface area (Å²) in [7, 11) is 0. The average Bonchev–Trinajstić information content (AvgIpc) is 2.40. The van der Waals surface area contributed by atoms with Crippen LogP contribution in [0.15, 0.2) is 15.9 Å². The second-order valence-corrected chi connectivity index (χ2v) is 4.04. The van der Waals surface area contributed by atoms with Crippen LogP contribution in [-0.4, -0.2) is 0 Å². The van der Waals surface area contributed by atoms with Crippen LogP contribution in [0.3, 0.4) is 0 Å². The second-order valence-electron chi connectivity index (χ2n) is 1.70. The summed E-state index contributed by atoms with van der Waals surface area (Å²) in [6.45, 7) is -10.2. The van der Waals surface area contributed by atoms with E-state index in [-0.39, 0.29) is 3.79 Å². The highest BCUT2D eigenvalue weighted by atomic mass is 79.9. The third-order valence-corrected chi connectivity index (χ3v) is 2.38. The van der Waals surface area contributed by atoms with Crippen LogP contribution < -0.4 is 0 Å². The molecular formula is C8H11BrS. The van der Waals surface area contributed by atoms with Crippen LogP contribution in [0.1, 0.15) is 40.5 Å². The van der Waals surface area contributed by atoms with E-state index in [2.05, 4.69) is 15.9 Å². The van der Waals surface area contributed by atoms with Gasteiger partial charge in [0, 0.05) is 17.2 Å². The van der Waals surface area contributed by atoms with Gasteiger partial charge in [-0.2, -0.15) is 0 Å². The van der Waals surface area contributed by atoms with Gasteiger partial charge in [-0.05, 0) is 33.4 Å². The Morgan fingerprint density at radius 3 is 2.70 bits per heavy atom. The molecule has 1 aromatic rings. The fraction of sp³-hybridized carbons (Fsp3) is 0.500. The molecule has 0 unspecified atom stereocenters. The van der Waals surface area contributed by atoms with Gasteiger partial charge < -0.3 is 0 Å². The summed E-state index contributed by atoms with van der Waals surface area (Å²) in [5.74, 6) is 0. The molecular weight excluding hydrogens is 208 g/mol. The molecule has 0 bridgehead atoms. The molecule has 0 aliphatic carbocycles. The molecule has 0 saturated heterocycles. The Morgan fingerprint density at radius 1 is 1.60 bits per heavy atom. The molecule has 0 atom stereocenters. The number of hydrogen-bond donors (Lipinski definition) is 0. The first-order valence-corrected chi connectivity index (χ1v) is 3.96. The second kappa shape index (κ2) is 2.67. The minimum atomic E-state index is -3.41. The molecule has 0 aliphatic rings. The summed E-state index contributed by atoms with van der Waals surface area (Å²) in [5.41, 5.74) is -3.21. The van der Waals surface area contributed by atoms with E-state index in [9.17, 15) is 0 Å². The maximum atomic E-state index is 7.75. The molecule has 0 spiro atoms. The lowest BCUT2D eigenvalue weighted by atomic mass is 9.95. The monoisotopic (exact) mass is 229 g/mol. The summed E-state index contributed by atoms with van der Waals surface area (Å²) in [4.78, 5) is -0.653. The van der Waals surface area contributed by atoms with Crippen LogP contribution in [0.4, 0.5) is 0 Å². The Morgan fingerprint density at radius 2 is 2.30 bits per heavy atom. The molecule has 0 aromatic carbocycles. The highest BCUT2D eigenvalue weighted by Gasteiger charge is 2.14.